The monoisotopic (exact) mass is 189 g/mol. The third-order valence-corrected chi connectivity index (χ3v) is 1.72. The molecule has 0 aromatic rings. The number of ether oxygens (including phenoxy) is 1. The molecular weight excluding hydrogens is 174 g/mol. The quantitative estimate of drug-likeness (QED) is 0.372. The van der Waals surface area contributed by atoms with Crippen LogP contribution in [0.15, 0.2) is 0 Å². The fourth-order valence-corrected chi connectivity index (χ4v) is 0.924. The van der Waals surface area contributed by atoms with Gasteiger partial charge in [0.25, 0.3) is 0 Å². The van der Waals surface area contributed by atoms with Gasteiger partial charge in [-0.1, -0.05) is 0 Å². The smallest absolute Gasteiger partial charge is 0.302 e. The van der Waals surface area contributed by atoms with Crippen molar-refractivity contribution in [2.45, 2.75) is 45.8 Å². The SMILES string of the molecule is CC(=O)OC(C)CCC(C)[N+](=O)[O-]. The molecular formula is C8H15NO4. The summed E-state index contributed by atoms with van der Waals surface area (Å²) in [5.74, 6) is -0.346. The summed E-state index contributed by atoms with van der Waals surface area (Å²) < 4.78 is 4.82. The average Bonchev–Trinajstić information content (AvgIpc) is 1.98. The molecule has 0 aromatic carbocycles. The van der Waals surface area contributed by atoms with Crippen LogP contribution < -0.4 is 0 Å². The molecule has 0 N–H and O–H groups in total. The number of esters is 1. The highest BCUT2D eigenvalue weighted by Gasteiger charge is 2.15. The van der Waals surface area contributed by atoms with Crippen LogP contribution >= 0.6 is 0 Å². The highest BCUT2D eigenvalue weighted by molar-refractivity contribution is 5.66. The summed E-state index contributed by atoms with van der Waals surface area (Å²) in [5, 5.41) is 10.2. The molecule has 0 aromatic heterocycles. The highest BCUT2D eigenvalue weighted by Crippen LogP contribution is 2.06. The third-order valence-electron chi connectivity index (χ3n) is 1.72. The molecule has 13 heavy (non-hydrogen) atoms. The summed E-state index contributed by atoms with van der Waals surface area (Å²) in [6, 6.07) is -0.571. The number of nitrogens with zero attached hydrogens (tertiary/aromatic N) is 1. The molecule has 0 heterocycles. The number of nitro groups is 1. The van der Waals surface area contributed by atoms with Gasteiger partial charge >= 0.3 is 5.97 Å². The Labute approximate surface area is 77.2 Å². The second kappa shape index (κ2) is 5.50. The fourth-order valence-electron chi connectivity index (χ4n) is 0.924. The van der Waals surface area contributed by atoms with Gasteiger partial charge in [-0.2, -0.15) is 0 Å². The summed E-state index contributed by atoms with van der Waals surface area (Å²) in [4.78, 5) is 20.4. The summed E-state index contributed by atoms with van der Waals surface area (Å²) in [6.07, 6.45) is 0.725. The molecule has 5 heteroatoms. The van der Waals surface area contributed by atoms with Gasteiger partial charge in [-0.25, -0.2) is 0 Å². The first kappa shape index (κ1) is 11.9. The summed E-state index contributed by atoms with van der Waals surface area (Å²) in [6.45, 7) is 4.60. The molecule has 0 amide bonds. The van der Waals surface area contributed by atoms with Gasteiger partial charge in [-0.15, -0.1) is 0 Å². The van der Waals surface area contributed by atoms with Gasteiger partial charge in [0.15, 0.2) is 0 Å². The van der Waals surface area contributed by atoms with E-state index in [1.807, 2.05) is 0 Å². The molecule has 76 valence electrons. The van der Waals surface area contributed by atoms with Gasteiger partial charge in [0.2, 0.25) is 6.04 Å². The van der Waals surface area contributed by atoms with E-state index in [-0.39, 0.29) is 17.0 Å². The van der Waals surface area contributed by atoms with Crippen molar-refractivity contribution in [2.75, 3.05) is 0 Å². The first-order chi connectivity index (χ1) is 5.93. The van der Waals surface area contributed by atoms with Crippen LogP contribution in [0.3, 0.4) is 0 Å². The van der Waals surface area contributed by atoms with Crippen LogP contribution in [0.4, 0.5) is 0 Å². The Balaban J connectivity index is 3.63. The number of rotatable bonds is 5. The van der Waals surface area contributed by atoms with Crippen molar-refractivity contribution in [2.24, 2.45) is 0 Å². The molecule has 0 aliphatic carbocycles. The number of carbonyl (C=O) groups is 1. The maximum atomic E-state index is 10.5. The molecule has 0 saturated heterocycles. The molecule has 0 bridgehead atoms. The topological polar surface area (TPSA) is 69.4 Å². The summed E-state index contributed by atoms with van der Waals surface area (Å²) in [7, 11) is 0. The van der Waals surface area contributed by atoms with E-state index < -0.39 is 6.04 Å². The molecule has 5 nitrogen and oxygen atoms in total. The summed E-state index contributed by atoms with van der Waals surface area (Å²) in [5.41, 5.74) is 0. The van der Waals surface area contributed by atoms with Crippen molar-refractivity contribution in [3.8, 4) is 0 Å². The van der Waals surface area contributed by atoms with E-state index in [1.165, 1.54) is 6.92 Å². The zero-order valence-electron chi connectivity index (χ0n) is 8.15. The maximum absolute atomic E-state index is 10.5. The first-order valence-corrected chi connectivity index (χ1v) is 4.24. The van der Waals surface area contributed by atoms with Gasteiger partial charge in [0.1, 0.15) is 0 Å². The Bertz CT molecular complexity index is 193. The van der Waals surface area contributed by atoms with E-state index >= 15 is 0 Å². The van der Waals surface area contributed by atoms with Gasteiger partial charge in [-0.3, -0.25) is 14.9 Å². The molecule has 0 aliphatic heterocycles. The van der Waals surface area contributed by atoms with E-state index in [0.717, 1.165) is 0 Å². The minimum absolute atomic E-state index is 0.236. The van der Waals surface area contributed by atoms with Crippen LogP contribution in [0.2, 0.25) is 0 Å². The second-order valence-electron chi connectivity index (χ2n) is 3.13. The lowest BCUT2D eigenvalue weighted by atomic mass is 10.1. The minimum Gasteiger partial charge on any atom is -0.463 e. The zero-order chi connectivity index (χ0) is 10.4. The van der Waals surface area contributed by atoms with Crippen molar-refractivity contribution < 1.29 is 14.5 Å². The maximum Gasteiger partial charge on any atom is 0.302 e. The van der Waals surface area contributed by atoms with Crippen molar-refractivity contribution >= 4 is 5.97 Å². The van der Waals surface area contributed by atoms with E-state index in [9.17, 15) is 14.9 Å². The Morgan fingerprint density at radius 3 is 2.38 bits per heavy atom. The lowest BCUT2D eigenvalue weighted by Crippen LogP contribution is -2.19. The van der Waals surface area contributed by atoms with Crippen LogP contribution in [0.1, 0.15) is 33.6 Å². The van der Waals surface area contributed by atoms with Gasteiger partial charge < -0.3 is 4.74 Å². The Kier molecular flexibility index (Phi) is 5.03. The second-order valence-corrected chi connectivity index (χ2v) is 3.13. The van der Waals surface area contributed by atoms with Crippen LogP contribution in [-0.4, -0.2) is 23.0 Å². The number of carbonyl (C=O) groups excluding carboxylic acids is 1. The van der Waals surface area contributed by atoms with E-state index in [0.29, 0.717) is 12.8 Å². The van der Waals surface area contributed by atoms with Crippen molar-refractivity contribution in [3.63, 3.8) is 0 Å². The molecule has 0 radical (unpaired) electrons. The normalized spacial score (nSPS) is 14.7. The predicted molar refractivity (Wildman–Crippen MR) is 46.9 cm³/mol. The molecule has 0 spiro atoms. The standard InChI is InChI=1S/C8H15NO4/c1-6(9(11)12)4-5-7(2)13-8(3)10/h6-7H,4-5H2,1-3H3. The van der Waals surface area contributed by atoms with Crippen LogP contribution in [0, 0.1) is 10.1 Å². The van der Waals surface area contributed by atoms with Crippen molar-refractivity contribution in [1.29, 1.82) is 0 Å². The number of hydrogen-bond donors (Lipinski definition) is 0. The lowest BCUT2D eigenvalue weighted by molar-refractivity contribution is -0.519. The largest absolute Gasteiger partial charge is 0.463 e. The first-order valence-electron chi connectivity index (χ1n) is 4.24. The highest BCUT2D eigenvalue weighted by atomic mass is 16.6. The van der Waals surface area contributed by atoms with Gasteiger partial charge in [-0.05, 0) is 13.3 Å². The fraction of sp³-hybridized carbons (Fsp3) is 0.875. The zero-order valence-corrected chi connectivity index (χ0v) is 8.15. The lowest BCUT2D eigenvalue weighted by Gasteiger charge is -2.11. The molecule has 0 saturated carbocycles. The van der Waals surface area contributed by atoms with E-state index in [4.69, 9.17) is 4.74 Å². The van der Waals surface area contributed by atoms with Crippen molar-refractivity contribution in [1.82, 2.24) is 0 Å². The summed E-state index contributed by atoms with van der Waals surface area (Å²) >= 11 is 0. The van der Waals surface area contributed by atoms with Crippen LogP contribution in [0.5, 0.6) is 0 Å². The molecule has 2 atom stereocenters. The van der Waals surface area contributed by atoms with E-state index in [2.05, 4.69) is 0 Å². The van der Waals surface area contributed by atoms with Crippen LogP contribution in [0.25, 0.3) is 0 Å². The Hall–Kier alpha value is -1.13. The predicted octanol–water partition coefficient (Wildman–Crippen LogP) is 1.38. The molecule has 2 unspecified atom stereocenters. The molecule has 0 fully saturated rings. The minimum atomic E-state index is -0.571. The molecule has 0 aliphatic rings. The van der Waals surface area contributed by atoms with E-state index in [1.54, 1.807) is 13.8 Å². The van der Waals surface area contributed by atoms with Gasteiger partial charge in [0, 0.05) is 25.2 Å². The van der Waals surface area contributed by atoms with Gasteiger partial charge in [0.05, 0.1) is 6.10 Å². The van der Waals surface area contributed by atoms with Crippen molar-refractivity contribution in [3.05, 3.63) is 10.1 Å². The number of hydrogen-bond acceptors (Lipinski definition) is 4. The average molecular weight is 189 g/mol. The molecule has 0 rings (SSSR count). The Morgan fingerprint density at radius 1 is 1.46 bits per heavy atom. The van der Waals surface area contributed by atoms with Crippen LogP contribution in [-0.2, 0) is 9.53 Å². The third kappa shape index (κ3) is 6.07. The Morgan fingerprint density at radius 2 is 2.00 bits per heavy atom.